The quantitative estimate of drug-likeness (QED) is 0.300. The van der Waals surface area contributed by atoms with Gasteiger partial charge in [-0.2, -0.15) is 0 Å². The van der Waals surface area contributed by atoms with E-state index in [1.807, 2.05) is 0 Å². The van der Waals surface area contributed by atoms with Crippen molar-refractivity contribution in [1.82, 2.24) is 0 Å². The molecule has 0 fully saturated rings. The Kier molecular flexibility index (Phi) is 13.9. The van der Waals surface area contributed by atoms with Crippen molar-refractivity contribution in [2.75, 3.05) is 13.2 Å². The van der Waals surface area contributed by atoms with Gasteiger partial charge < -0.3 is 8.85 Å². The SMILES string of the molecule is CCCCCCO[SiH](Cl)OCCCCCC. The molecule has 0 radical (unpaired) electrons. The minimum absolute atomic E-state index is 0.773. The van der Waals surface area contributed by atoms with Gasteiger partial charge in [-0.05, 0) is 12.8 Å². The molecule has 0 rings (SSSR count). The van der Waals surface area contributed by atoms with Crippen LogP contribution in [0.25, 0.3) is 0 Å². The summed E-state index contributed by atoms with van der Waals surface area (Å²) in [6.07, 6.45) is 9.80. The molecule has 0 spiro atoms. The lowest BCUT2D eigenvalue weighted by Gasteiger charge is -2.10. The monoisotopic (exact) mass is 266 g/mol. The Morgan fingerprint density at radius 2 is 1.19 bits per heavy atom. The lowest BCUT2D eigenvalue weighted by atomic mass is 10.2. The van der Waals surface area contributed by atoms with E-state index in [-0.39, 0.29) is 0 Å². The van der Waals surface area contributed by atoms with Gasteiger partial charge >= 0.3 is 8.59 Å². The van der Waals surface area contributed by atoms with E-state index in [0.29, 0.717) is 0 Å². The molecule has 4 heteroatoms. The summed E-state index contributed by atoms with van der Waals surface area (Å²) in [5.41, 5.74) is 0. The first-order valence-electron chi connectivity index (χ1n) is 6.68. The molecule has 16 heavy (non-hydrogen) atoms. The molecule has 0 bridgehead atoms. The van der Waals surface area contributed by atoms with Gasteiger partial charge in [0.2, 0.25) is 0 Å². The Morgan fingerprint density at radius 3 is 1.56 bits per heavy atom. The van der Waals surface area contributed by atoms with Crippen LogP contribution in [0.5, 0.6) is 0 Å². The Labute approximate surface area is 107 Å². The third kappa shape index (κ3) is 12.5. The van der Waals surface area contributed by atoms with E-state index in [9.17, 15) is 0 Å². The molecule has 98 valence electrons. The molecule has 0 N–H and O–H groups in total. The zero-order valence-electron chi connectivity index (χ0n) is 10.8. The highest BCUT2D eigenvalue weighted by Gasteiger charge is 2.07. The van der Waals surface area contributed by atoms with Crippen molar-refractivity contribution in [2.24, 2.45) is 0 Å². The summed E-state index contributed by atoms with van der Waals surface area (Å²) in [5.74, 6) is 0. The normalized spacial score (nSPS) is 11.2. The van der Waals surface area contributed by atoms with E-state index in [1.165, 1.54) is 38.5 Å². The fraction of sp³-hybridized carbons (Fsp3) is 1.00. The first-order chi connectivity index (χ1) is 7.81. The molecule has 0 aromatic carbocycles. The second kappa shape index (κ2) is 13.5. The molecule has 0 unspecified atom stereocenters. The maximum atomic E-state index is 6.00. The summed E-state index contributed by atoms with van der Waals surface area (Å²) in [5, 5.41) is 0. The minimum atomic E-state index is -1.83. The van der Waals surface area contributed by atoms with Gasteiger partial charge in [-0.1, -0.05) is 52.4 Å². The summed E-state index contributed by atoms with van der Waals surface area (Å²) < 4.78 is 11.0. The Balaban J connectivity index is 3.09. The van der Waals surface area contributed by atoms with Crippen LogP contribution in [0.2, 0.25) is 0 Å². The zero-order chi connectivity index (χ0) is 12.1. The Morgan fingerprint density at radius 1 is 0.750 bits per heavy atom. The van der Waals surface area contributed by atoms with Crippen molar-refractivity contribution in [3.63, 3.8) is 0 Å². The van der Waals surface area contributed by atoms with Gasteiger partial charge in [0.1, 0.15) is 0 Å². The van der Waals surface area contributed by atoms with Gasteiger partial charge in [0.15, 0.2) is 0 Å². The van der Waals surface area contributed by atoms with Gasteiger partial charge in [-0.25, -0.2) is 0 Å². The smallest absolute Gasteiger partial charge is 0.385 e. The number of unbranched alkanes of at least 4 members (excludes halogenated alkanes) is 6. The molecule has 0 aliphatic carbocycles. The van der Waals surface area contributed by atoms with E-state index in [1.54, 1.807) is 0 Å². The second-order valence-electron chi connectivity index (χ2n) is 4.14. The lowest BCUT2D eigenvalue weighted by molar-refractivity contribution is 0.205. The molecule has 0 aromatic heterocycles. The molecule has 0 aliphatic heterocycles. The van der Waals surface area contributed by atoms with Crippen molar-refractivity contribution in [3.05, 3.63) is 0 Å². The number of hydrogen-bond acceptors (Lipinski definition) is 2. The van der Waals surface area contributed by atoms with Crippen molar-refractivity contribution in [3.8, 4) is 0 Å². The van der Waals surface area contributed by atoms with Crippen LogP contribution in [0.15, 0.2) is 0 Å². The highest BCUT2D eigenvalue weighted by atomic mass is 35.6. The van der Waals surface area contributed by atoms with E-state index >= 15 is 0 Å². The molecular weight excluding hydrogens is 240 g/mol. The van der Waals surface area contributed by atoms with Crippen molar-refractivity contribution in [2.45, 2.75) is 65.2 Å². The lowest BCUT2D eigenvalue weighted by Crippen LogP contribution is -2.17. The van der Waals surface area contributed by atoms with E-state index in [4.69, 9.17) is 19.9 Å². The predicted octanol–water partition coefficient (Wildman–Crippen LogP) is 4.14. The van der Waals surface area contributed by atoms with Crippen LogP contribution < -0.4 is 0 Å². The highest BCUT2D eigenvalue weighted by Crippen LogP contribution is 2.04. The van der Waals surface area contributed by atoms with Gasteiger partial charge in [-0.15, -0.1) is 11.1 Å². The second-order valence-corrected chi connectivity index (χ2v) is 6.42. The average Bonchev–Trinajstić information content (AvgIpc) is 2.28. The van der Waals surface area contributed by atoms with Crippen molar-refractivity contribution in [1.29, 1.82) is 0 Å². The maximum absolute atomic E-state index is 6.00. The molecule has 0 aromatic rings. The molecule has 0 saturated carbocycles. The number of hydrogen-bond donors (Lipinski definition) is 0. The summed E-state index contributed by atoms with van der Waals surface area (Å²) in [6.45, 7) is 5.96. The van der Waals surface area contributed by atoms with E-state index in [0.717, 1.165) is 26.1 Å². The van der Waals surface area contributed by atoms with Crippen LogP contribution in [0.1, 0.15) is 65.2 Å². The first-order valence-corrected chi connectivity index (χ1v) is 9.37. The predicted molar refractivity (Wildman–Crippen MR) is 73.2 cm³/mol. The van der Waals surface area contributed by atoms with Crippen LogP contribution in [-0.2, 0) is 8.85 Å². The Hall–Kier alpha value is 0.427. The highest BCUT2D eigenvalue weighted by molar-refractivity contribution is 6.99. The number of rotatable bonds is 12. The average molecular weight is 267 g/mol. The van der Waals surface area contributed by atoms with Crippen LogP contribution in [0.4, 0.5) is 0 Å². The van der Waals surface area contributed by atoms with Gasteiger partial charge in [0.05, 0.1) is 0 Å². The molecule has 0 saturated heterocycles. The van der Waals surface area contributed by atoms with Gasteiger partial charge in [-0.3, -0.25) is 0 Å². The summed E-state index contributed by atoms with van der Waals surface area (Å²) >= 11 is 6.00. The maximum Gasteiger partial charge on any atom is 0.426 e. The van der Waals surface area contributed by atoms with Crippen LogP contribution in [0.3, 0.4) is 0 Å². The molecule has 0 amide bonds. The summed E-state index contributed by atoms with van der Waals surface area (Å²) in [4.78, 5) is 0. The molecular formula is C12H27ClO2Si. The fourth-order valence-electron chi connectivity index (χ4n) is 1.46. The molecule has 0 heterocycles. The summed E-state index contributed by atoms with van der Waals surface area (Å²) in [7, 11) is -1.83. The van der Waals surface area contributed by atoms with Crippen LogP contribution in [0, 0.1) is 0 Å². The third-order valence-corrected chi connectivity index (χ3v) is 4.25. The van der Waals surface area contributed by atoms with Crippen molar-refractivity contribution >= 4 is 19.7 Å². The van der Waals surface area contributed by atoms with Crippen LogP contribution in [-0.4, -0.2) is 21.8 Å². The minimum Gasteiger partial charge on any atom is -0.385 e. The zero-order valence-corrected chi connectivity index (χ0v) is 12.8. The molecule has 2 nitrogen and oxygen atoms in total. The summed E-state index contributed by atoms with van der Waals surface area (Å²) in [6, 6.07) is 0. The Bertz CT molecular complexity index is 122. The largest absolute Gasteiger partial charge is 0.426 e. The first kappa shape index (κ1) is 16.4. The van der Waals surface area contributed by atoms with Crippen molar-refractivity contribution < 1.29 is 8.85 Å². The third-order valence-electron chi connectivity index (χ3n) is 2.49. The van der Waals surface area contributed by atoms with Gasteiger partial charge in [0, 0.05) is 13.2 Å². The van der Waals surface area contributed by atoms with Crippen LogP contribution >= 0.6 is 11.1 Å². The molecule has 0 aliphatic rings. The fourth-order valence-corrected chi connectivity index (χ4v) is 2.79. The topological polar surface area (TPSA) is 18.5 Å². The van der Waals surface area contributed by atoms with E-state index in [2.05, 4.69) is 13.8 Å². The van der Waals surface area contributed by atoms with Gasteiger partial charge in [0.25, 0.3) is 0 Å². The van der Waals surface area contributed by atoms with E-state index < -0.39 is 8.59 Å². The standard InChI is InChI=1S/C12H27ClO2Si/c1-3-5-7-9-11-14-16(13)15-12-10-8-6-4-2/h16H,3-12H2,1-2H3. The number of halogens is 1. The molecule has 0 atom stereocenters.